The highest BCUT2D eigenvalue weighted by Crippen LogP contribution is 2.42. The van der Waals surface area contributed by atoms with Gasteiger partial charge in [-0.15, -0.1) is 0 Å². The molecule has 0 aliphatic carbocycles. The molecule has 0 unspecified atom stereocenters. The highest BCUT2D eigenvalue weighted by atomic mass is 15.0. The number of rotatable bonds is 5. The lowest BCUT2D eigenvalue weighted by Gasteiger charge is -2.15. The Morgan fingerprint density at radius 2 is 0.982 bits per heavy atom. The van der Waals surface area contributed by atoms with E-state index in [1.165, 1.54) is 59.7 Å². The van der Waals surface area contributed by atoms with Crippen LogP contribution in [0.3, 0.4) is 0 Å². The van der Waals surface area contributed by atoms with Crippen LogP contribution in [0.25, 0.3) is 105 Å². The van der Waals surface area contributed by atoms with E-state index in [-0.39, 0.29) is 0 Å². The third kappa shape index (κ3) is 5.13. The molecule has 9 aromatic carbocycles. The fourth-order valence-corrected chi connectivity index (χ4v) is 8.48. The Morgan fingerprint density at radius 3 is 1.80 bits per heavy atom. The van der Waals surface area contributed by atoms with Gasteiger partial charge < -0.3 is 4.57 Å². The van der Waals surface area contributed by atoms with E-state index in [1.54, 1.807) is 0 Å². The van der Waals surface area contributed by atoms with Gasteiger partial charge in [-0.05, 0) is 79.8 Å². The van der Waals surface area contributed by atoms with Crippen LogP contribution in [0.15, 0.2) is 200 Å². The summed E-state index contributed by atoms with van der Waals surface area (Å²) in [5.74, 6) is 0.702. The average molecular weight is 700 g/mol. The lowest BCUT2D eigenvalue weighted by molar-refractivity contribution is 1.18. The summed E-state index contributed by atoms with van der Waals surface area (Å²) in [4.78, 5) is 10.5. The summed E-state index contributed by atoms with van der Waals surface area (Å²) >= 11 is 0. The van der Waals surface area contributed by atoms with Crippen molar-refractivity contribution < 1.29 is 0 Å². The second-order valence-electron chi connectivity index (χ2n) is 14.1. The molecule has 2 heterocycles. The topological polar surface area (TPSA) is 30.7 Å². The van der Waals surface area contributed by atoms with Gasteiger partial charge in [-0.2, -0.15) is 0 Å². The van der Waals surface area contributed by atoms with Crippen LogP contribution in [0.5, 0.6) is 0 Å². The minimum atomic E-state index is 0.702. The fraction of sp³-hybridized carbons (Fsp3) is 0. The third-order valence-electron chi connectivity index (χ3n) is 11.0. The third-order valence-corrected chi connectivity index (χ3v) is 11.0. The first-order valence-electron chi connectivity index (χ1n) is 18.7. The molecular formula is C52H33N3. The van der Waals surface area contributed by atoms with Gasteiger partial charge in [-0.25, -0.2) is 9.97 Å². The molecule has 0 atom stereocenters. The Labute approximate surface area is 318 Å². The number of nitrogens with zero attached hydrogens (tertiary/aromatic N) is 3. The van der Waals surface area contributed by atoms with Gasteiger partial charge in [0, 0.05) is 33.2 Å². The summed E-state index contributed by atoms with van der Waals surface area (Å²) in [6, 6.07) is 71.5. The van der Waals surface area contributed by atoms with Crippen LogP contribution < -0.4 is 0 Å². The Bertz CT molecular complexity index is 3230. The molecule has 0 radical (unpaired) electrons. The summed E-state index contributed by atoms with van der Waals surface area (Å²) in [6.45, 7) is 0. The summed E-state index contributed by atoms with van der Waals surface area (Å²) < 4.78 is 2.35. The maximum atomic E-state index is 5.28. The molecule has 3 nitrogen and oxygen atoms in total. The molecule has 0 bridgehead atoms. The highest BCUT2D eigenvalue weighted by Gasteiger charge is 2.19. The normalized spacial score (nSPS) is 11.6. The van der Waals surface area contributed by atoms with Crippen molar-refractivity contribution in [2.24, 2.45) is 0 Å². The van der Waals surface area contributed by atoms with E-state index in [4.69, 9.17) is 9.97 Å². The van der Waals surface area contributed by atoms with Crippen molar-refractivity contribution in [1.82, 2.24) is 14.5 Å². The van der Waals surface area contributed by atoms with E-state index in [0.717, 1.165) is 39.3 Å². The maximum Gasteiger partial charge on any atom is 0.160 e. The second-order valence-corrected chi connectivity index (χ2v) is 14.1. The number of para-hydroxylation sites is 2. The van der Waals surface area contributed by atoms with Crippen molar-refractivity contribution >= 4 is 54.1 Å². The lowest BCUT2D eigenvalue weighted by atomic mass is 9.89. The lowest BCUT2D eigenvalue weighted by Crippen LogP contribution is -1.97. The molecule has 3 heteroatoms. The quantitative estimate of drug-likeness (QED) is 0.132. The first kappa shape index (κ1) is 31.2. The van der Waals surface area contributed by atoms with Gasteiger partial charge >= 0.3 is 0 Å². The molecule has 2 aromatic heterocycles. The minimum Gasteiger partial charge on any atom is -0.309 e. The van der Waals surface area contributed by atoms with Gasteiger partial charge in [-0.3, -0.25) is 0 Å². The van der Waals surface area contributed by atoms with Crippen LogP contribution in [0.1, 0.15) is 0 Å². The predicted octanol–water partition coefficient (Wildman–Crippen LogP) is 13.7. The van der Waals surface area contributed by atoms with Crippen LogP contribution in [0, 0.1) is 0 Å². The molecule has 0 saturated heterocycles. The molecule has 256 valence electrons. The van der Waals surface area contributed by atoms with E-state index in [1.807, 2.05) is 18.2 Å². The van der Waals surface area contributed by atoms with Crippen molar-refractivity contribution in [2.75, 3.05) is 0 Å². The van der Waals surface area contributed by atoms with Gasteiger partial charge in [0.1, 0.15) is 0 Å². The van der Waals surface area contributed by atoms with Crippen LogP contribution in [0.2, 0.25) is 0 Å². The zero-order valence-electron chi connectivity index (χ0n) is 29.9. The number of benzene rings is 9. The summed E-state index contributed by atoms with van der Waals surface area (Å²) in [5.41, 5.74) is 10.7. The van der Waals surface area contributed by atoms with Gasteiger partial charge in [0.25, 0.3) is 0 Å². The first-order chi connectivity index (χ1) is 27.3. The van der Waals surface area contributed by atoms with E-state index >= 15 is 0 Å². The summed E-state index contributed by atoms with van der Waals surface area (Å²) in [5, 5.41) is 9.90. The number of aromatic nitrogens is 3. The fourth-order valence-electron chi connectivity index (χ4n) is 8.48. The van der Waals surface area contributed by atoms with Crippen molar-refractivity contribution in [3.05, 3.63) is 200 Å². The van der Waals surface area contributed by atoms with Crippen LogP contribution in [0.4, 0.5) is 0 Å². The van der Waals surface area contributed by atoms with Crippen molar-refractivity contribution in [3.63, 3.8) is 0 Å². The average Bonchev–Trinajstić information content (AvgIpc) is 3.61. The molecular weight excluding hydrogens is 667 g/mol. The first-order valence-corrected chi connectivity index (χ1v) is 18.7. The number of fused-ring (bicyclic) bond motifs is 7. The molecule has 0 spiro atoms. The van der Waals surface area contributed by atoms with Crippen LogP contribution >= 0.6 is 0 Å². The minimum absolute atomic E-state index is 0.702. The van der Waals surface area contributed by atoms with Crippen molar-refractivity contribution in [1.29, 1.82) is 0 Å². The number of hydrogen-bond donors (Lipinski definition) is 0. The SMILES string of the molecule is c1ccc(-c2nc(-c3ccc(-c4c5ccccc5cc5c4ccc4ccccc45)cc3)cc(-c3cccc4c3c3ccccc3n4-c3ccccc3)n2)cc1. The molecule has 0 amide bonds. The Morgan fingerprint density at radius 1 is 0.345 bits per heavy atom. The number of hydrogen-bond acceptors (Lipinski definition) is 2. The molecule has 11 rings (SSSR count). The molecule has 0 N–H and O–H groups in total. The van der Waals surface area contributed by atoms with E-state index in [9.17, 15) is 0 Å². The highest BCUT2D eigenvalue weighted by molar-refractivity contribution is 6.20. The van der Waals surface area contributed by atoms with Gasteiger partial charge in [0.05, 0.1) is 22.4 Å². The largest absolute Gasteiger partial charge is 0.309 e. The second kappa shape index (κ2) is 12.6. The van der Waals surface area contributed by atoms with Crippen LogP contribution in [-0.4, -0.2) is 14.5 Å². The molecule has 0 aliphatic rings. The smallest absolute Gasteiger partial charge is 0.160 e. The molecule has 0 aliphatic heterocycles. The predicted molar refractivity (Wildman–Crippen MR) is 231 cm³/mol. The monoisotopic (exact) mass is 699 g/mol. The van der Waals surface area contributed by atoms with Crippen molar-refractivity contribution in [2.45, 2.75) is 0 Å². The summed E-state index contributed by atoms with van der Waals surface area (Å²) in [6.07, 6.45) is 0. The molecule has 0 saturated carbocycles. The Kier molecular flexibility index (Phi) is 7.17. The van der Waals surface area contributed by atoms with Crippen molar-refractivity contribution in [3.8, 4) is 50.7 Å². The Hall–Kier alpha value is -7.36. The van der Waals surface area contributed by atoms with E-state index < -0.39 is 0 Å². The standard InChI is InChI=1S/C52H33N3/c1-3-15-37(16-4-1)52-53-46(33-47(54-52)43-23-13-25-49-51(43)44-22-11-12-24-48(44)55(49)39-18-5-2-6-19-39)35-26-28-36(29-27-35)50-41-21-10-8-17-38(41)32-45-40-20-9-7-14-34(40)30-31-42(45)50/h1-33H. The molecule has 11 aromatic rings. The van der Waals surface area contributed by atoms with Crippen LogP contribution in [-0.2, 0) is 0 Å². The van der Waals surface area contributed by atoms with Gasteiger partial charge in [-0.1, -0.05) is 164 Å². The summed E-state index contributed by atoms with van der Waals surface area (Å²) in [7, 11) is 0. The maximum absolute atomic E-state index is 5.28. The zero-order chi connectivity index (χ0) is 36.3. The molecule has 55 heavy (non-hydrogen) atoms. The van der Waals surface area contributed by atoms with E-state index in [2.05, 4.69) is 187 Å². The van der Waals surface area contributed by atoms with E-state index in [0.29, 0.717) is 5.82 Å². The van der Waals surface area contributed by atoms with Gasteiger partial charge in [0.2, 0.25) is 0 Å². The molecule has 0 fully saturated rings. The van der Waals surface area contributed by atoms with Gasteiger partial charge in [0.15, 0.2) is 5.82 Å². The Balaban J connectivity index is 1.11. The zero-order valence-corrected chi connectivity index (χ0v) is 29.9.